The maximum atomic E-state index is 12.7. The van der Waals surface area contributed by atoms with E-state index in [1.165, 1.54) is 0 Å². The lowest BCUT2D eigenvalue weighted by atomic mass is 9.71. The summed E-state index contributed by atoms with van der Waals surface area (Å²) in [5.41, 5.74) is 5.85. The van der Waals surface area contributed by atoms with Gasteiger partial charge in [0.2, 0.25) is 5.91 Å². The molecule has 2 aliphatic rings. The van der Waals surface area contributed by atoms with Crippen molar-refractivity contribution in [3.63, 3.8) is 0 Å². The fraction of sp³-hybridized carbons (Fsp3) is 0.692. The molecule has 2 heterocycles. The van der Waals surface area contributed by atoms with Crippen LogP contribution >= 0.6 is 0 Å². The Balaban J connectivity index is 1.84. The first kappa shape index (κ1) is 11.7. The summed E-state index contributed by atoms with van der Waals surface area (Å²) < 4.78 is 1.74. The van der Waals surface area contributed by atoms with Crippen LogP contribution < -0.4 is 10.6 Å². The summed E-state index contributed by atoms with van der Waals surface area (Å²) in [5.74, 6) is 1.01. The molecule has 0 radical (unpaired) electrons. The van der Waals surface area contributed by atoms with Gasteiger partial charge in [0.15, 0.2) is 5.82 Å². The molecular formula is C13H20N4O. The lowest BCUT2D eigenvalue weighted by Gasteiger charge is -2.34. The second-order valence-electron chi connectivity index (χ2n) is 5.69. The Bertz CT molecular complexity index is 469. The van der Waals surface area contributed by atoms with Gasteiger partial charge in [-0.1, -0.05) is 6.42 Å². The maximum absolute atomic E-state index is 12.7. The van der Waals surface area contributed by atoms with Crippen LogP contribution in [0.25, 0.3) is 0 Å². The molecular weight excluding hydrogens is 228 g/mol. The summed E-state index contributed by atoms with van der Waals surface area (Å²) in [6.07, 6.45) is 6.76. The molecule has 0 aromatic carbocycles. The van der Waals surface area contributed by atoms with Gasteiger partial charge in [0.25, 0.3) is 0 Å². The number of hydrogen-bond donors (Lipinski definition) is 1. The van der Waals surface area contributed by atoms with Crippen molar-refractivity contribution in [3.8, 4) is 0 Å². The molecule has 98 valence electrons. The van der Waals surface area contributed by atoms with Crippen molar-refractivity contribution in [2.24, 2.45) is 18.2 Å². The van der Waals surface area contributed by atoms with Crippen molar-refractivity contribution in [1.82, 2.24) is 9.78 Å². The van der Waals surface area contributed by atoms with Gasteiger partial charge in [-0.15, -0.1) is 0 Å². The van der Waals surface area contributed by atoms with E-state index in [4.69, 9.17) is 5.73 Å². The third kappa shape index (κ3) is 1.73. The second-order valence-corrected chi connectivity index (χ2v) is 5.69. The van der Waals surface area contributed by atoms with Gasteiger partial charge in [-0.05, 0) is 25.7 Å². The summed E-state index contributed by atoms with van der Waals surface area (Å²) in [6, 6.07) is 2.09. The summed E-state index contributed by atoms with van der Waals surface area (Å²) in [4.78, 5) is 14.5. The van der Waals surface area contributed by atoms with Gasteiger partial charge in [0.1, 0.15) is 0 Å². The Hall–Kier alpha value is -1.36. The molecule has 5 nitrogen and oxygen atoms in total. The van der Waals surface area contributed by atoms with Crippen molar-refractivity contribution < 1.29 is 4.79 Å². The Morgan fingerprint density at radius 2 is 2.33 bits per heavy atom. The van der Waals surface area contributed by atoms with Crippen LogP contribution in [0.2, 0.25) is 0 Å². The number of carbonyl (C=O) groups is 1. The van der Waals surface area contributed by atoms with Crippen LogP contribution in [0.5, 0.6) is 0 Å². The lowest BCUT2D eigenvalue weighted by Crippen LogP contribution is -2.42. The number of amides is 1. The van der Waals surface area contributed by atoms with Crippen molar-refractivity contribution in [1.29, 1.82) is 0 Å². The van der Waals surface area contributed by atoms with Crippen molar-refractivity contribution in [2.45, 2.75) is 38.1 Å². The van der Waals surface area contributed by atoms with E-state index in [0.29, 0.717) is 0 Å². The first-order valence-corrected chi connectivity index (χ1v) is 6.68. The van der Waals surface area contributed by atoms with Crippen LogP contribution in [-0.4, -0.2) is 28.3 Å². The number of rotatable bonds is 1. The number of anilines is 1. The highest BCUT2D eigenvalue weighted by Crippen LogP contribution is 2.45. The van der Waals surface area contributed by atoms with E-state index in [-0.39, 0.29) is 17.4 Å². The fourth-order valence-corrected chi connectivity index (χ4v) is 3.42. The predicted octanol–water partition coefficient (Wildman–Crippen LogP) is 1.04. The van der Waals surface area contributed by atoms with E-state index >= 15 is 0 Å². The van der Waals surface area contributed by atoms with E-state index in [2.05, 4.69) is 5.10 Å². The predicted molar refractivity (Wildman–Crippen MR) is 69.1 cm³/mol. The molecule has 1 aromatic rings. The van der Waals surface area contributed by atoms with Crippen molar-refractivity contribution in [2.75, 3.05) is 11.4 Å². The fourth-order valence-electron chi connectivity index (χ4n) is 3.42. The molecule has 2 N–H and O–H groups in total. The first-order chi connectivity index (χ1) is 8.61. The van der Waals surface area contributed by atoms with Gasteiger partial charge >= 0.3 is 0 Å². The zero-order valence-electron chi connectivity index (χ0n) is 10.8. The molecule has 3 rings (SSSR count). The van der Waals surface area contributed by atoms with Gasteiger partial charge < -0.3 is 5.73 Å². The van der Waals surface area contributed by atoms with Crippen LogP contribution in [-0.2, 0) is 11.8 Å². The van der Waals surface area contributed by atoms with Gasteiger partial charge in [0.05, 0.1) is 5.41 Å². The Labute approximate surface area is 107 Å². The average Bonchev–Trinajstić information content (AvgIpc) is 2.86. The second kappa shape index (κ2) is 4.09. The number of carbonyl (C=O) groups excluding carboxylic acids is 1. The maximum Gasteiger partial charge on any atom is 0.234 e. The molecule has 0 bridgehead atoms. The summed E-state index contributed by atoms with van der Waals surface area (Å²) in [5, 5.41) is 4.33. The van der Waals surface area contributed by atoms with E-state index in [0.717, 1.165) is 44.5 Å². The standard InChI is InChI=1S/C13H20N4O/c1-16-7-4-11(15-16)17-8-6-13(12(17)18)5-2-3-10(14)9-13/h4,7,10H,2-3,5-6,8-9,14H2,1H3. The van der Waals surface area contributed by atoms with Crippen LogP contribution in [0.4, 0.5) is 5.82 Å². The number of nitrogens with zero attached hydrogens (tertiary/aromatic N) is 3. The molecule has 1 aliphatic heterocycles. The first-order valence-electron chi connectivity index (χ1n) is 6.68. The lowest BCUT2D eigenvalue weighted by molar-refractivity contribution is -0.127. The van der Waals surface area contributed by atoms with Crippen LogP contribution in [0.15, 0.2) is 12.3 Å². The van der Waals surface area contributed by atoms with Gasteiger partial charge in [0, 0.05) is 31.9 Å². The minimum absolute atomic E-state index is 0.186. The number of hydrogen-bond acceptors (Lipinski definition) is 3. The molecule has 1 amide bonds. The Kier molecular flexibility index (Phi) is 2.66. The normalized spacial score (nSPS) is 32.4. The molecule has 5 heteroatoms. The minimum atomic E-state index is -0.199. The smallest absolute Gasteiger partial charge is 0.234 e. The van der Waals surface area contributed by atoms with Crippen LogP contribution in [0.1, 0.15) is 32.1 Å². The third-order valence-electron chi connectivity index (χ3n) is 4.37. The summed E-state index contributed by atoms with van der Waals surface area (Å²) >= 11 is 0. The highest BCUT2D eigenvalue weighted by molar-refractivity contribution is 5.99. The zero-order valence-corrected chi connectivity index (χ0v) is 10.8. The molecule has 18 heavy (non-hydrogen) atoms. The summed E-state index contributed by atoms with van der Waals surface area (Å²) in [6.45, 7) is 0.780. The minimum Gasteiger partial charge on any atom is -0.328 e. The molecule has 1 aliphatic carbocycles. The topological polar surface area (TPSA) is 64.2 Å². The molecule has 2 atom stereocenters. The highest BCUT2D eigenvalue weighted by Gasteiger charge is 2.49. The van der Waals surface area contributed by atoms with E-state index in [9.17, 15) is 4.79 Å². The monoisotopic (exact) mass is 248 g/mol. The van der Waals surface area contributed by atoms with E-state index in [1.54, 1.807) is 4.68 Å². The summed E-state index contributed by atoms with van der Waals surface area (Å²) in [7, 11) is 1.87. The quantitative estimate of drug-likeness (QED) is 0.807. The number of aryl methyl sites for hydroxylation is 1. The van der Waals surface area contributed by atoms with Crippen LogP contribution in [0, 0.1) is 5.41 Å². The highest BCUT2D eigenvalue weighted by atomic mass is 16.2. The average molecular weight is 248 g/mol. The van der Waals surface area contributed by atoms with E-state index in [1.807, 2.05) is 24.2 Å². The molecule has 1 saturated heterocycles. The van der Waals surface area contributed by atoms with Crippen molar-refractivity contribution >= 4 is 11.7 Å². The molecule has 1 saturated carbocycles. The van der Waals surface area contributed by atoms with Crippen LogP contribution in [0.3, 0.4) is 0 Å². The number of nitrogens with two attached hydrogens (primary N) is 1. The molecule has 1 aromatic heterocycles. The van der Waals surface area contributed by atoms with Crippen molar-refractivity contribution in [3.05, 3.63) is 12.3 Å². The Morgan fingerprint density at radius 3 is 3.00 bits per heavy atom. The Morgan fingerprint density at radius 1 is 1.50 bits per heavy atom. The SMILES string of the molecule is Cn1ccc(N2CCC3(CCCC(N)C3)C2=O)n1. The zero-order chi connectivity index (χ0) is 12.8. The van der Waals surface area contributed by atoms with Gasteiger partial charge in [-0.3, -0.25) is 14.4 Å². The largest absolute Gasteiger partial charge is 0.328 e. The molecule has 2 unspecified atom stereocenters. The number of aromatic nitrogens is 2. The van der Waals surface area contributed by atoms with Gasteiger partial charge in [-0.2, -0.15) is 5.10 Å². The van der Waals surface area contributed by atoms with E-state index < -0.39 is 0 Å². The third-order valence-corrected chi connectivity index (χ3v) is 4.37. The molecule has 1 spiro atoms. The van der Waals surface area contributed by atoms with Gasteiger partial charge in [-0.25, -0.2) is 0 Å². The molecule has 2 fully saturated rings.